The third-order valence-corrected chi connectivity index (χ3v) is 3.58. The summed E-state index contributed by atoms with van der Waals surface area (Å²) in [6, 6.07) is 4.44. The van der Waals surface area contributed by atoms with E-state index in [1.165, 1.54) is 12.1 Å². The lowest BCUT2D eigenvalue weighted by atomic mass is 10.1. The first-order valence-electron chi connectivity index (χ1n) is 7.88. The Bertz CT molecular complexity index is 787. The Morgan fingerprint density at radius 3 is 2.62 bits per heavy atom. The summed E-state index contributed by atoms with van der Waals surface area (Å²) in [6.45, 7) is 8.62. The van der Waals surface area contributed by atoms with Gasteiger partial charge in [0.05, 0.1) is 0 Å². The Balaban J connectivity index is 2.00. The summed E-state index contributed by atoms with van der Waals surface area (Å²) in [5, 5.41) is 6.53. The highest BCUT2D eigenvalue weighted by Gasteiger charge is 2.31. The Kier molecular flexibility index (Phi) is 5.90. The van der Waals surface area contributed by atoms with Crippen molar-refractivity contribution in [2.24, 2.45) is 0 Å². The summed E-state index contributed by atoms with van der Waals surface area (Å²) in [6.07, 6.45) is -0.595. The van der Waals surface area contributed by atoms with E-state index in [2.05, 4.69) is 31.4 Å². The van der Waals surface area contributed by atoms with Crippen LogP contribution in [0, 0.1) is 5.82 Å². The molecule has 1 heterocycles. The number of nitrogens with zero attached hydrogens (tertiary/aromatic N) is 2. The van der Waals surface area contributed by atoms with Crippen molar-refractivity contribution in [2.75, 3.05) is 0 Å². The predicted octanol–water partition coefficient (Wildman–Crippen LogP) is 4.31. The average Bonchev–Trinajstić information content (AvgIpc) is 2.93. The summed E-state index contributed by atoms with van der Waals surface area (Å²) < 4.78 is 30.0. The van der Waals surface area contributed by atoms with Crippen molar-refractivity contribution in [1.29, 1.82) is 0 Å². The molecule has 1 N–H and O–H groups in total. The number of hydrogen-bond acceptors (Lipinski definition) is 6. The second-order valence-corrected chi connectivity index (χ2v) is 8.04. The molecule has 7 nitrogen and oxygen atoms in total. The van der Waals surface area contributed by atoms with Gasteiger partial charge in [-0.1, -0.05) is 21.1 Å². The minimum absolute atomic E-state index is 0.0686. The minimum atomic E-state index is -0.924. The lowest BCUT2D eigenvalue weighted by molar-refractivity contribution is 0.0465. The van der Waals surface area contributed by atoms with Crippen LogP contribution in [-0.4, -0.2) is 21.8 Å². The van der Waals surface area contributed by atoms with Gasteiger partial charge in [0.25, 0.3) is 5.89 Å². The SMILES string of the molecule is CC(C)(C)OC(=O)NC(C)(C)c1noc(COc2ccc(Br)cc2F)n1. The largest absolute Gasteiger partial charge is 0.481 e. The fraction of sp³-hybridized carbons (Fsp3) is 0.471. The predicted molar refractivity (Wildman–Crippen MR) is 95.1 cm³/mol. The number of carbonyl (C=O) groups is 1. The fourth-order valence-corrected chi connectivity index (χ4v) is 2.25. The number of ether oxygens (including phenoxy) is 2. The molecule has 0 bridgehead atoms. The van der Waals surface area contributed by atoms with E-state index in [0.29, 0.717) is 4.47 Å². The Hall–Kier alpha value is -2.16. The first-order chi connectivity index (χ1) is 12.0. The van der Waals surface area contributed by atoms with Gasteiger partial charge in [0, 0.05) is 4.47 Å². The number of rotatable bonds is 5. The van der Waals surface area contributed by atoms with Crippen LogP contribution in [0.1, 0.15) is 46.3 Å². The molecule has 1 aromatic heterocycles. The van der Waals surface area contributed by atoms with Crippen molar-refractivity contribution in [3.05, 3.63) is 40.2 Å². The molecular weight excluding hydrogens is 409 g/mol. The molecule has 9 heteroatoms. The van der Waals surface area contributed by atoms with Gasteiger partial charge in [-0.25, -0.2) is 9.18 Å². The van der Waals surface area contributed by atoms with E-state index >= 15 is 0 Å². The van der Waals surface area contributed by atoms with Crippen molar-refractivity contribution >= 4 is 22.0 Å². The molecule has 0 saturated carbocycles. The normalized spacial score (nSPS) is 12.0. The van der Waals surface area contributed by atoms with Crippen LogP contribution in [0.25, 0.3) is 0 Å². The summed E-state index contributed by atoms with van der Waals surface area (Å²) in [4.78, 5) is 16.1. The number of carbonyl (C=O) groups excluding carboxylic acids is 1. The molecule has 1 aromatic carbocycles. The molecule has 2 rings (SSSR count). The summed E-state index contributed by atoms with van der Waals surface area (Å²) in [7, 11) is 0. The minimum Gasteiger partial charge on any atom is -0.481 e. The molecule has 0 atom stereocenters. The van der Waals surface area contributed by atoms with Crippen LogP contribution in [0.5, 0.6) is 5.75 Å². The fourth-order valence-electron chi connectivity index (χ4n) is 1.91. The Morgan fingerprint density at radius 2 is 2.00 bits per heavy atom. The van der Waals surface area contributed by atoms with Crippen molar-refractivity contribution in [3.8, 4) is 5.75 Å². The molecule has 0 radical (unpaired) electrons. The van der Waals surface area contributed by atoms with Gasteiger partial charge in [-0.2, -0.15) is 4.98 Å². The summed E-state index contributed by atoms with van der Waals surface area (Å²) in [5.74, 6) is -0.0373. The van der Waals surface area contributed by atoms with Gasteiger partial charge in [-0.3, -0.25) is 0 Å². The maximum absolute atomic E-state index is 13.7. The van der Waals surface area contributed by atoms with Gasteiger partial charge in [0.1, 0.15) is 11.1 Å². The maximum Gasteiger partial charge on any atom is 0.408 e. The Morgan fingerprint density at radius 1 is 1.31 bits per heavy atom. The molecular formula is C17H21BrFN3O4. The topological polar surface area (TPSA) is 86.5 Å². The van der Waals surface area contributed by atoms with E-state index in [1.807, 2.05) is 0 Å². The Labute approximate surface area is 159 Å². The molecule has 0 aliphatic carbocycles. The zero-order valence-electron chi connectivity index (χ0n) is 15.2. The molecule has 142 valence electrons. The van der Waals surface area contributed by atoms with Crippen LogP contribution >= 0.6 is 15.9 Å². The number of halogens is 2. The molecule has 2 aromatic rings. The van der Waals surface area contributed by atoms with Crippen molar-refractivity contribution in [2.45, 2.75) is 52.4 Å². The molecule has 0 aliphatic heterocycles. The van der Waals surface area contributed by atoms with Crippen molar-refractivity contribution in [1.82, 2.24) is 15.5 Å². The van der Waals surface area contributed by atoms with Crippen molar-refractivity contribution < 1.29 is 23.2 Å². The highest BCUT2D eigenvalue weighted by molar-refractivity contribution is 9.10. The molecule has 0 saturated heterocycles. The number of aromatic nitrogens is 2. The second-order valence-electron chi connectivity index (χ2n) is 7.13. The molecule has 0 unspecified atom stereocenters. The lowest BCUT2D eigenvalue weighted by Gasteiger charge is -2.26. The van der Waals surface area contributed by atoms with Gasteiger partial charge < -0.3 is 19.3 Å². The maximum atomic E-state index is 13.7. The van der Waals surface area contributed by atoms with E-state index < -0.39 is 23.1 Å². The molecule has 1 amide bonds. The molecule has 0 aliphatic rings. The van der Waals surface area contributed by atoms with Gasteiger partial charge in [0.2, 0.25) is 0 Å². The number of nitrogens with one attached hydrogen (secondary N) is 1. The first kappa shape index (κ1) is 20.2. The van der Waals surface area contributed by atoms with E-state index in [9.17, 15) is 9.18 Å². The van der Waals surface area contributed by atoms with E-state index in [-0.39, 0.29) is 24.1 Å². The van der Waals surface area contributed by atoms with Crippen LogP contribution in [0.15, 0.2) is 27.2 Å². The number of amides is 1. The standard InChI is InChI=1S/C17H21BrFN3O4/c1-16(2,3)25-15(23)21-17(4,5)14-20-13(26-22-14)9-24-12-7-6-10(18)8-11(12)19/h6-8H,9H2,1-5H3,(H,21,23). The highest BCUT2D eigenvalue weighted by Crippen LogP contribution is 2.23. The number of alkyl carbamates (subject to hydrolysis) is 1. The number of hydrogen-bond donors (Lipinski definition) is 1. The average molecular weight is 430 g/mol. The van der Waals surface area contributed by atoms with Gasteiger partial charge in [-0.15, -0.1) is 0 Å². The van der Waals surface area contributed by atoms with Crippen LogP contribution in [0.3, 0.4) is 0 Å². The first-order valence-corrected chi connectivity index (χ1v) is 8.68. The van der Waals surface area contributed by atoms with Crippen LogP contribution in [0.2, 0.25) is 0 Å². The molecule has 0 fully saturated rings. The monoisotopic (exact) mass is 429 g/mol. The third kappa shape index (κ3) is 5.69. The third-order valence-electron chi connectivity index (χ3n) is 3.09. The van der Waals surface area contributed by atoms with Crippen LogP contribution in [-0.2, 0) is 16.9 Å². The van der Waals surface area contributed by atoms with Gasteiger partial charge >= 0.3 is 6.09 Å². The van der Waals surface area contributed by atoms with Gasteiger partial charge in [0.15, 0.2) is 24.0 Å². The quantitative estimate of drug-likeness (QED) is 0.761. The zero-order valence-corrected chi connectivity index (χ0v) is 16.8. The summed E-state index contributed by atoms with van der Waals surface area (Å²) in [5.41, 5.74) is -1.54. The number of benzene rings is 1. The van der Waals surface area contributed by atoms with Crippen molar-refractivity contribution in [3.63, 3.8) is 0 Å². The van der Waals surface area contributed by atoms with Crippen LogP contribution in [0.4, 0.5) is 9.18 Å². The smallest absolute Gasteiger partial charge is 0.408 e. The van der Waals surface area contributed by atoms with Gasteiger partial charge in [-0.05, 0) is 52.8 Å². The second kappa shape index (κ2) is 7.61. The highest BCUT2D eigenvalue weighted by atomic mass is 79.9. The van der Waals surface area contributed by atoms with Crippen LogP contribution < -0.4 is 10.1 Å². The lowest BCUT2D eigenvalue weighted by Crippen LogP contribution is -2.44. The van der Waals surface area contributed by atoms with E-state index in [0.717, 1.165) is 0 Å². The van der Waals surface area contributed by atoms with E-state index in [4.69, 9.17) is 14.0 Å². The van der Waals surface area contributed by atoms with E-state index in [1.54, 1.807) is 40.7 Å². The zero-order chi connectivity index (χ0) is 19.5. The molecule has 0 spiro atoms. The molecule has 26 heavy (non-hydrogen) atoms. The summed E-state index contributed by atoms with van der Waals surface area (Å²) >= 11 is 3.17.